The third-order valence-electron chi connectivity index (χ3n) is 5.84. The smallest absolute Gasteiger partial charge is 0.192 e. The molecular weight excluding hydrogens is 346 g/mol. The van der Waals surface area contributed by atoms with Crippen molar-refractivity contribution in [2.45, 2.75) is 18.4 Å². The molecular formula is C24H25N3O. The average Bonchev–Trinajstić information content (AvgIpc) is 3.45. The van der Waals surface area contributed by atoms with Gasteiger partial charge in [0.15, 0.2) is 5.96 Å². The van der Waals surface area contributed by atoms with Gasteiger partial charge in [-0.1, -0.05) is 66.8 Å². The quantitative estimate of drug-likeness (QED) is 0.765. The summed E-state index contributed by atoms with van der Waals surface area (Å²) in [5.41, 5.74) is 4.06. The second kappa shape index (κ2) is 7.19. The molecule has 28 heavy (non-hydrogen) atoms. The van der Waals surface area contributed by atoms with Crippen LogP contribution in [0.2, 0.25) is 0 Å². The fourth-order valence-corrected chi connectivity index (χ4v) is 4.21. The lowest BCUT2D eigenvalue weighted by molar-refractivity contribution is 0.318. The topological polar surface area (TPSA) is 45.6 Å². The Bertz CT molecular complexity index is 947. The standard InChI is InChI=1S/C24H25N3O/c1-2-7-18(8-3-1)15-19-9-4-5-12-22(19)28-14-13-25-23-26-17-21-11-6-10-20-16-24(20,21)27-23/h1-12,20H,13-17H2,(H2,25,26,27). The summed E-state index contributed by atoms with van der Waals surface area (Å²) >= 11 is 0. The van der Waals surface area contributed by atoms with Crippen molar-refractivity contribution in [2.24, 2.45) is 10.9 Å². The Kier molecular flexibility index (Phi) is 4.40. The summed E-state index contributed by atoms with van der Waals surface area (Å²) in [5, 5.41) is 7.02. The monoisotopic (exact) mass is 371 g/mol. The highest BCUT2D eigenvalue weighted by Crippen LogP contribution is 2.52. The maximum absolute atomic E-state index is 6.07. The first-order valence-electron chi connectivity index (χ1n) is 10.0. The largest absolute Gasteiger partial charge is 0.491 e. The van der Waals surface area contributed by atoms with Crippen LogP contribution in [0.1, 0.15) is 17.5 Å². The molecule has 2 atom stereocenters. The van der Waals surface area contributed by atoms with Gasteiger partial charge in [-0.15, -0.1) is 0 Å². The van der Waals surface area contributed by atoms with Crippen LogP contribution >= 0.6 is 0 Å². The van der Waals surface area contributed by atoms with Crippen LogP contribution in [0.15, 0.2) is 83.4 Å². The molecule has 1 fully saturated rings. The first-order chi connectivity index (χ1) is 13.8. The summed E-state index contributed by atoms with van der Waals surface area (Å²) in [6, 6.07) is 18.8. The second-order valence-corrected chi connectivity index (χ2v) is 7.69. The van der Waals surface area contributed by atoms with Gasteiger partial charge in [0.2, 0.25) is 0 Å². The Morgan fingerprint density at radius 3 is 2.89 bits per heavy atom. The van der Waals surface area contributed by atoms with Crippen LogP contribution in [0, 0.1) is 5.92 Å². The molecule has 2 aromatic carbocycles. The van der Waals surface area contributed by atoms with Crippen LogP contribution in [0.4, 0.5) is 0 Å². The highest BCUT2D eigenvalue weighted by atomic mass is 16.5. The van der Waals surface area contributed by atoms with E-state index in [1.54, 1.807) is 0 Å². The lowest BCUT2D eigenvalue weighted by Gasteiger charge is -2.30. The molecule has 142 valence electrons. The van der Waals surface area contributed by atoms with Gasteiger partial charge in [-0.25, -0.2) is 4.99 Å². The van der Waals surface area contributed by atoms with Crippen LogP contribution in [0.25, 0.3) is 0 Å². The Morgan fingerprint density at radius 1 is 1.11 bits per heavy atom. The highest BCUT2D eigenvalue weighted by molar-refractivity contribution is 5.84. The van der Waals surface area contributed by atoms with Crippen molar-refractivity contribution in [1.29, 1.82) is 0 Å². The Balaban J connectivity index is 1.15. The van der Waals surface area contributed by atoms with E-state index >= 15 is 0 Å². The number of benzene rings is 2. The zero-order valence-electron chi connectivity index (χ0n) is 15.9. The van der Waals surface area contributed by atoms with Crippen molar-refractivity contribution >= 4 is 5.96 Å². The van der Waals surface area contributed by atoms with Crippen molar-refractivity contribution in [3.63, 3.8) is 0 Å². The molecule has 2 unspecified atom stereocenters. The molecule has 1 spiro atoms. The van der Waals surface area contributed by atoms with Gasteiger partial charge >= 0.3 is 0 Å². The number of allylic oxidation sites excluding steroid dienone is 2. The second-order valence-electron chi connectivity index (χ2n) is 7.69. The molecule has 0 aromatic heterocycles. The summed E-state index contributed by atoms with van der Waals surface area (Å²) in [6.45, 7) is 2.11. The summed E-state index contributed by atoms with van der Waals surface area (Å²) in [4.78, 5) is 4.64. The minimum Gasteiger partial charge on any atom is -0.491 e. The SMILES string of the molecule is C1=CC2CC23NC(NCCOc2ccccc2Cc2ccccc2)=NCC3=C1. The van der Waals surface area contributed by atoms with Crippen LogP contribution in [0.3, 0.4) is 0 Å². The van der Waals surface area contributed by atoms with Gasteiger partial charge in [-0.05, 0) is 29.2 Å². The van der Waals surface area contributed by atoms with Crippen molar-refractivity contribution in [1.82, 2.24) is 10.6 Å². The van der Waals surface area contributed by atoms with Crippen LogP contribution in [-0.4, -0.2) is 31.2 Å². The molecule has 3 aliphatic rings. The zero-order chi connectivity index (χ0) is 18.8. The number of guanidine groups is 1. The number of aliphatic imine (C=N–C) groups is 1. The average molecular weight is 371 g/mol. The predicted molar refractivity (Wildman–Crippen MR) is 113 cm³/mol. The van der Waals surface area contributed by atoms with Crippen molar-refractivity contribution in [2.75, 3.05) is 19.7 Å². The molecule has 1 aliphatic heterocycles. The van der Waals surface area contributed by atoms with E-state index in [9.17, 15) is 0 Å². The molecule has 2 N–H and O–H groups in total. The summed E-state index contributed by atoms with van der Waals surface area (Å²) in [7, 11) is 0. The third kappa shape index (κ3) is 3.31. The number of para-hydroxylation sites is 1. The van der Waals surface area contributed by atoms with E-state index in [0.717, 1.165) is 31.2 Å². The molecule has 2 aromatic rings. The number of ether oxygens (including phenoxy) is 1. The van der Waals surface area contributed by atoms with Gasteiger partial charge in [0.05, 0.1) is 18.6 Å². The molecule has 1 heterocycles. The zero-order valence-corrected chi connectivity index (χ0v) is 15.9. The summed E-state index contributed by atoms with van der Waals surface area (Å²) < 4.78 is 6.07. The van der Waals surface area contributed by atoms with Crippen LogP contribution < -0.4 is 15.4 Å². The molecule has 1 saturated carbocycles. The van der Waals surface area contributed by atoms with E-state index in [4.69, 9.17) is 4.74 Å². The normalized spacial score (nSPS) is 24.2. The fourth-order valence-electron chi connectivity index (χ4n) is 4.21. The minimum atomic E-state index is 0.141. The van der Waals surface area contributed by atoms with Gasteiger partial charge in [-0.2, -0.15) is 0 Å². The maximum atomic E-state index is 6.07. The van der Waals surface area contributed by atoms with E-state index in [1.807, 2.05) is 18.2 Å². The predicted octanol–water partition coefficient (Wildman–Crippen LogP) is 3.46. The van der Waals surface area contributed by atoms with Crippen LogP contribution in [-0.2, 0) is 6.42 Å². The van der Waals surface area contributed by atoms with E-state index in [-0.39, 0.29) is 5.54 Å². The molecule has 0 radical (unpaired) electrons. The fraction of sp³-hybridized carbons (Fsp3) is 0.292. The maximum Gasteiger partial charge on any atom is 0.192 e. The number of hydrogen-bond acceptors (Lipinski definition) is 4. The van der Waals surface area contributed by atoms with Crippen molar-refractivity contribution in [3.8, 4) is 5.75 Å². The van der Waals surface area contributed by atoms with E-state index < -0.39 is 0 Å². The minimum absolute atomic E-state index is 0.141. The molecule has 0 saturated heterocycles. The Morgan fingerprint density at radius 2 is 1.96 bits per heavy atom. The first kappa shape index (κ1) is 17.1. The molecule has 2 aliphatic carbocycles. The molecule has 0 amide bonds. The van der Waals surface area contributed by atoms with Gasteiger partial charge in [0.25, 0.3) is 0 Å². The van der Waals surface area contributed by atoms with Gasteiger partial charge in [0.1, 0.15) is 12.4 Å². The van der Waals surface area contributed by atoms with Gasteiger partial charge < -0.3 is 15.4 Å². The van der Waals surface area contributed by atoms with Crippen molar-refractivity contribution < 1.29 is 4.74 Å². The number of nitrogens with one attached hydrogen (secondary N) is 2. The molecule has 4 nitrogen and oxygen atoms in total. The number of rotatable bonds is 6. The lowest BCUT2D eigenvalue weighted by Crippen LogP contribution is -2.51. The van der Waals surface area contributed by atoms with Crippen molar-refractivity contribution in [3.05, 3.63) is 89.5 Å². The first-order valence-corrected chi connectivity index (χ1v) is 10.0. The Labute approximate surface area is 166 Å². The summed E-state index contributed by atoms with van der Waals surface area (Å²) in [6.07, 6.45) is 8.74. The lowest BCUT2D eigenvalue weighted by atomic mass is 9.97. The highest BCUT2D eigenvalue weighted by Gasteiger charge is 2.57. The van der Waals surface area contributed by atoms with Gasteiger partial charge in [-0.3, -0.25) is 0 Å². The van der Waals surface area contributed by atoms with Crippen LogP contribution in [0.5, 0.6) is 5.75 Å². The molecule has 5 rings (SSSR count). The van der Waals surface area contributed by atoms with E-state index in [1.165, 1.54) is 23.1 Å². The third-order valence-corrected chi connectivity index (χ3v) is 5.84. The molecule has 0 bridgehead atoms. The number of nitrogens with zero attached hydrogens (tertiary/aromatic N) is 1. The van der Waals surface area contributed by atoms with E-state index in [2.05, 4.69) is 70.3 Å². The molecule has 4 heteroatoms. The van der Waals surface area contributed by atoms with E-state index in [0.29, 0.717) is 12.5 Å². The Hall–Kier alpha value is -3.01. The number of hydrogen-bond donors (Lipinski definition) is 2. The van der Waals surface area contributed by atoms with Gasteiger partial charge in [0, 0.05) is 12.3 Å². The summed E-state index contributed by atoms with van der Waals surface area (Å²) in [5.74, 6) is 2.48.